The molecule has 2 aromatic rings. The number of carbonyl (C=O) groups excluding carboxylic acids is 2. The molecule has 0 fully saturated rings. The molecule has 5 nitrogen and oxygen atoms in total. The lowest BCUT2D eigenvalue weighted by Crippen LogP contribution is -2.44. The number of ether oxygens (including phenoxy) is 1. The van der Waals surface area contributed by atoms with Crippen molar-refractivity contribution in [1.29, 1.82) is 0 Å². The van der Waals surface area contributed by atoms with E-state index >= 15 is 0 Å². The molecule has 126 valence electrons. The molecule has 0 unspecified atom stereocenters. The third-order valence-corrected chi connectivity index (χ3v) is 4.08. The third-order valence-electron chi connectivity index (χ3n) is 3.39. The number of nitrogens with one attached hydrogen (secondary N) is 2. The van der Waals surface area contributed by atoms with Crippen LogP contribution in [0.3, 0.4) is 0 Å². The van der Waals surface area contributed by atoms with Crippen molar-refractivity contribution < 1.29 is 14.3 Å². The smallest absolute Gasteiger partial charge is 0.276 e. The lowest BCUT2D eigenvalue weighted by Gasteiger charge is -2.13. The Bertz CT molecular complexity index is 752. The molecule has 2 aromatic carbocycles. The van der Waals surface area contributed by atoms with E-state index in [-0.39, 0.29) is 6.61 Å². The van der Waals surface area contributed by atoms with Crippen LogP contribution in [0.2, 0.25) is 0 Å². The molecule has 2 amide bonds. The summed E-state index contributed by atoms with van der Waals surface area (Å²) >= 11 is 3.29. The number of rotatable bonds is 4. The number of carbonyl (C=O) groups is 2. The van der Waals surface area contributed by atoms with Crippen molar-refractivity contribution in [2.45, 2.75) is 20.8 Å². The van der Waals surface area contributed by atoms with Crippen LogP contribution in [0.25, 0.3) is 0 Å². The van der Waals surface area contributed by atoms with Gasteiger partial charge < -0.3 is 4.74 Å². The van der Waals surface area contributed by atoms with Crippen molar-refractivity contribution in [2.24, 2.45) is 0 Å². The van der Waals surface area contributed by atoms with Gasteiger partial charge in [0.15, 0.2) is 6.61 Å². The SMILES string of the molecule is Cc1cc(C)c(OCC(=O)NNC(=O)c2ccccc2Br)c(C)c1. The third kappa shape index (κ3) is 4.58. The number of benzene rings is 2. The van der Waals surface area contributed by atoms with Gasteiger partial charge in [-0.25, -0.2) is 0 Å². The van der Waals surface area contributed by atoms with Gasteiger partial charge in [-0.05, 0) is 60.0 Å². The second-order valence-corrected chi connectivity index (χ2v) is 6.35. The van der Waals surface area contributed by atoms with Crippen LogP contribution in [0.15, 0.2) is 40.9 Å². The molecule has 0 aliphatic heterocycles. The Balaban J connectivity index is 1.88. The van der Waals surface area contributed by atoms with Crippen LogP contribution in [0.5, 0.6) is 5.75 Å². The highest BCUT2D eigenvalue weighted by atomic mass is 79.9. The van der Waals surface area contributed by atoms with Gasteiger partial charge in [-0.2, -0.15) is 0 Å². The summed E-state index contributed by atoms with van der Waals surface area (Å²) in [6.45, 7) is 5.69. The predicted molar refractivity (Wildman–Crippen MR) is 95.9 cm³/mol. The van der Waals surface area contributed by atoms with Crippen LogP contribution in [-0.4, -0.2) is 18.4 Å². The first-order valence-electron chi connectivity index (χ1n) is 7.43. The molecular weight excluding hydrogens is 372 g/mol. The van der Waals surface area contributed by atoms with Crippen LogP contribution in [0.4, 0.5) is 0 Å². The van der Waals surface area contributed by atoms with Gasteiger partial charge in [0.2, 0.25) is 0 Å². The standard InChI is InChI=1S/C18H19BrN2O3/c1-11-8-12(2)17(13(3)9-11)24-10-16(22)20-21-18(23)14-6-4-5-7-15(14)19/h4-9H,10H2,1-3H3,(H,20,22)(H,21,23). The second-order valence-electron chi connectivity index (χ2n) is 5.50. The van der Waals surface area contributed by atoms with E-state index in [1.165, 1.54) is 0 Å². The summed E-state index contributed by atoms with van der Waals surface area (Å²) in [6.07, 6.45) is 0. The number of hydrogen-bond donors (Lipinski definition) is 2. The summed E-state index contributed by atoms with van der Waals surface area (Å²) in [5, 5.41) is 0. The van der Waals surface area contributed by atoms with Crippen molar-refractivity contribution >= 4 is 27.7 Å². The fourth-order valence-electron chi connectivity index (χ4n) is 2.41. The fourth-order valence-corrected chi connectivity index (χ4v) is 2.87. The van der Waals surface area contributed by atoms with Crippen LogP contribution in [0, 0.1) is 20.8 Å². The van der Waals surface area contributed by atoms with Crippen LogP contribution in [0.1, 0.15) is 27.0 Å². The zero-order valence-electron chi connectivity index (χ0n) is 13.8. The van der Waals surface area contributed by atoms with E-state index in [2.05, 4.69) is 26.8 Å². The Morgan fingerprint density at radius 3 is 2.29 bits per heavy atom. The summed E-state index contributed by atoms with van der Waals surface area (Å²) < 4.78 is 6.23. The van der Waals surface area contributed by atoms with E-state index < -0.39 is 11.8 Å². The molecule has 0 saturated heterocycles. The largest absolute Gasteiger partial charge is 0.483 e. The summed E-state index contributed by atoms with van der Waals surface area (Å²) in [4.78, 5) is 23.9. The number of hydrazine groups is 1. The van der Waals surface area contributed by atoms with E-state index in [9.17, 15) is 9.59 Å². The first-order valence-corrected chi connectivity index (χ1v) is 8.22. The topological polar surface area (TPSA) is 67.4 Å². The second kappa shape index (κ2) is 7.97. The van der Waals surface area contributed by atoms with Gasteiger partial charge in [0.05, 0.1) is 5.56 Å². The molecule has 24 heavy (non-hydrogen) atoms. The van der Waals surface area contributed by atoms with E-state index in [4.69, 9.17) is 4.74 Å². The molecule has 0 bridgehead atoms. The minimum Gasteiger partial charge on any atom is -0.483 e. The van der Waals surface area contributed by atoms with Gasteiger partial charge in [0, 0.05) is 4.47 Å². The fraction of sp³-hybridized carbons (Fsp3) is 0.222. The van der Waals surface area contributed by atoms with Crippen LogP contribution < -0.4 is 15.6 Å². The molecule has 6 heteroatoms. The molecule has 0 aliphatic rings. The summed E-state index contributed by atoms with van der Waals surface area (Å²) in [5.74, 6) is -0.152. The van der Waals surface area contributed by atoms with E-state index in [1.54, 1.807) is 24.3 Å². The lowest BCUT2D eigenvalue weighted by molar-refractivity contribution is -0.123. The average molecular weight is 391 g/mol. The lowest BCUT2D eigenvalue weighted by atomic mass is 10.1. The van der Waals surface area contributed by atoms with Crippen molar-refractivity contribution in [1.82, 2.24) is 10.9 Å². The minimum absolute atomic E-state index is 0.180. The van der Waals surface area contributed by atoms with Crippen molar-refractivity contribution in [3.8, 4) is 5.75 Å². The molecule has 0 spiro atoms. The number of halogens is 1. The van der Waals surface area contributed by atoms with Gasteiger partial charge in [-0.1, -0.05) is 29.8 Å². The molecule has 2 N–H and O–H groups in total. The minimum atomic E-state index is -0.435. The highest BCUT2D eigenvalue weighted by molar-refractivity contribution is 9.10. The maximum Gasteiger partial charge on any atom is 0.276 e. The van der Waals surface area contributed by atoms with E-state index in [0.717, 1.165) is 16.7 Å². The molecule has 0 heterocycles. The van der Waals surface area contributed by atoms with Gasteiger partial charge in [0.25, 0.3) is 11.8 Å². The quantitative estimate of drug-likeness (QED) is 0.787. The van der Waals surface area contributed by atoms with Crippen LogP contribution in [-0.2, 0) is 4.79 Å². The monoisotopic (exact) mass is 390 g/mol. The first kappa shape index (κ1) is 18.0. The van der Waals surface area contributed by atoms with Gasteiger partial charge in [-0.3, -0.25) is 20.4 Å². The molecule has 0 aromatic heterocycles. The molecule has 0 radical (unpaired) electrons. The van der Waals surface area contributed by atoms with E-state index in [1.807, 2.05) is 32.9 Å². The molecule has 2 rings (SSSR count). The number of hydrogen-bond acceptors (Lipinski definition) is 3. The van der Waals surface area contributed by atoms with Crippen molar-refractivity contribution in [2.75, 3.05) is 6.61 Å². The normalized spacial score (nSPS) is 10.2. The summed E-state index contributed by atoms with van der Waals surface area (Å²) in [7, 11) is 0. The molecule has 0 aliphatic carbocycles. The van der Waals surface area contributed by atoms with Crippen molar-refractivity contribution in [3.63, 3.8) is 0 Å². The zero-order valence-corrected chi connectivity index (χ0v) is 15.4. The highest BCUT2D eigenvalue weighted by Crippen LogP contribution is 2.24. The van der Waals surface area contributed by atoms with E-state index in [0.29, 0.717) is 15.8 Å². The molecule has 0 saturated carbocycles. The number of amides is 2. The Labute approximate surface area is 149 Å². The predicted octanol–water partition coefficient (Wildman–Crippen LogP) is 3.21. The Hall–Kier alpha value is -2.34. The maximum atomic E-state index is 12.0. The molecule has 0 atom stereocenters. The van der Waals surface area contributed by atoms with Crippen LogP contribution >= 0.6 is 15.9 Å². The van der Waals surface area contributed by atoms with Gasteiger partial charge in [0.1, 0.15) is 5.75 Å². The number of aryl methyl sites for hydroxylation is 3. The Morgan fingerprint density at radius 1 is 1.04 bits per heavy atom. The Morgan fingerprint density at radius 2 is 1.67 bits per heavy atom. The highest BCUT2D eigenvalue weighted by Gasteiger charge is 2.12. The zero-order chi connectivity index (χ0) is 17.7. The average Bonchev–Trinajstić information content (AvgIpc) is 2.52. The van der Waals surface area contributed by atoms with Gasteiger partial charge >= 0.3 is 0 Å². The van der Waals surface area contributed by atoms with Gasteiger partial charge in [-0.15, -0.1) is 0 Å². The Kier molecular flexibility index (Phi) is 5.98. The summed E-state index contributed by atoms with van der Waals surface area (Å²) in [6, 6.07) is 10.9. The maximum absolute atomic E-state index is 12.0. The summed E-state index contributed by atoms with van der Waals surface area (Å²) in [5.41, 5.74) is 8.23. The molecular formula is C18H19BrN2O3. The van der Waals surface area contributed by atoms with Crippen molar-refractivity contribution in [3.05, 3.63) is 63.1 Å². The first-order chi connectivity index (χ1) is 11.4.